The molecule has 0 fully saturated rings. The molecule has 2 aromatic rings. The number of rotatable bonds is 7. The van der Waals surface area contributed by atoms with Gasteiger partial charge < -0.3 is 5.32 Å². The number of carbonyl (C=O) groups is 1. The van der Waals surface area contributed by atoms with Crippen molar-refractivity contribution in [1.82, 2.24) is 29.9 Å². The molecule has 1 amide bonds. The Morgan fingerprint density at radius 2 is 2.21 bits per heavy atom. The first-order valence-electron chi connectivity index (χ1n) is 6.01. The van der Waals surface area contributed by atoms with Crippen molar-refractivity contribution in [3.63, 3.8) is 0 Å². The Morgan fingerprint density at radius 3 is 2.89 bits per heavy atom. The number of hydrogen-bond donors (Lipinski definition) is 1. The van der Waals surface area contributed by atoms with E-state index in [2.05, 4.69) is 20.5 Å². The van der Waals surface area contributed by atoms with Gasteiger partial charge in [0.15, 0.2) is 0 Å². The van der Waals surface area contributed by atoms with Crippen LogP contribution < -0.4 is 5.32 Å². The summed E-state index contributed by atoms with van der Waals surface area (Å²) in [5.41, 5.74) is 0. The highest BCUT2D eigenvalue weighted by Gasteiger charge is 2.02. The van der Waals surface area contributed by atoms with E-state index in [0.29, 0.717) is 24.5 Å². The standard InChI is InChI=1S/C11H15ClN6O/c12-10-6-15-17(7-10)4-1-3-14-11(19)2-5-18-9-13-8-16-18/h6-9H,1-5H2,(H,14,19). The van der Waals surface area contributed by atoms with Crippen LogP contribution in [-0.2, 0) is 17.9 Å². The highest BCUT2D eigenvalue weighted by molar-refractivity contribution is 6.30. The Labute approximate surface area is 115 Å². The fraction of sp³-hybridized carbons (Fsp3) is 0.455. The predicted molar refractivity (Wildman–Crippen MR) is 69.5 cm³/mol. The zero-order valence-corrected chi connectivity index (χ0v) is 11.1. The molecule has 2 rings (SSSR count). The molecule has 0 aliphatic rings. The van der Waals surface area contributed by atoms with Crippen molar-refractivity contribution in [2.45, 2.75) is 25.9 Å². The highest BCUT2D eigenvalue weighted by Crippen LogP contribution is 2.04. The first-order valence-corrected chi connectivity index (χ1v) is 6.39. The van der Waals surface area contributed by atoms with E-state index in [1.165, 1.54) is 6.33 Å². The number of nitrogens with zero attached hydrogens (tertiary/aromatic N) is 5. The number of carbonyl (C=O) groups excluding carboxylic acids is 1. The molecule has 2 heterocycles. The fourth-order valence-corrected chi connectivity index (χ4v) is 1.74. The summed E-state index contributed by atoms with van der Waals surface area (Å²) in [6, 6.07) is 0. The van der Waals surface area contributed by atoms with E-state index in [9.17, 15) is 4.79 Å². The molecule has 0 unspecified atom stereocenters. The Hall–Kier alpha value is -1.89. The lowest BCUT2D eigenvalue weighted by Crippen LogP contribution is -2.26. The molecular weight excluding hydrogens is 268 g/mol. The molecular formula is C11H15ClN6O. The van der Waals surface area contributed by atoms with Gasteiger partial charge in [0.2, 0.25) is 5.91 Å². The van der Waals surface area contributed by atoms with Gasteiger partial charge in [0, 0.05) is 25.7 Å². The number of aromatic nitrogens is 5. The summed E-state index contributed by atoms with van der Waals surface area (Å²) < 4.78 is 3.38. The maximum atomic E-state index is 11.5. The van der Waals surface area contributed by atoms with Gasteiger partial charge in [-0.1, -0.05) is 11.6 Å². The van der Waals surface area contributed by atoms with Crippen LogP contribution in [0.2, 0.25) is 5.02 Å². The Kier molecular flexibility index (Phi) is 4.91. The summed E-state index contributed by atoms with van der Waals surface area (Å²) >= 11 is 5.75. The summed E-state index contributed by atoms with van der Waals surface area (Å²) in [6.07, 6.45) is 7.61. The summed E-state index contributed by atoms with van der Waals surface area (Å²) in [6.45, 7) is 1.89. The average molecular weight is 283 g/mol. The zero-order valence-electron chi connectivity index (χ0n) is 10.4. The Morgan fingerprint density at radius 1 is 1.32 bits per heavy atom. The van der Waals surface area contributed by atoms with Gasteiger partial charge in [-0.15, -0.1) is 0 Å². The SMILES string of the molecule is O=C(CCn1cncn1)NCCCn1cc(Cl)cn1. The lowest BCUT2D eigenvalue weighted by molar-refractivity contribution is -0.121. The first kappa shape index (κ1) is 13.5. The van der Waals surface area contributed by atoms with Gasteiger partial charge in [-0.05, 0) is 6.42 Å². The third-order valence-corrected chi connectivity index (χ3v) is 2.72. The molecule has 102 valence electrons. The maximum absolute atomic E-state index is 11.5. The van der Waals surface area contributed by atoms with Crippen LogP contribution in [0.5, 0.6) is 0 Å². The lowest BCUT2D eigenvalue weighted by Gasteiger charge is -2.05. The topological polar surface area (TPSA) is 77.6 Å². The number of nitrogens with one attached hydrogen (secondary N) is 1. The van der Waals surface area contributed by atoms with E-state index in [1.54, 1.807) is 28.1 Å². The van der Waals surface area contributed by atoms with Crippen LogP contribution in [0.15, 0.2) is 25.0 Å². The van der Waals surface area contributed by atoms with Crippen molar-refractivity contribution >= 4 is 17.5 Å². The number of aryl methyl sites for hydroxylation is 2. The minimum absolute atomic E-state index is 0.00833. The van der Waals surface area contributed by atoms with Crippen molar-refractivity contribution in [2.75, 3.05) is 6.54 Å². The quantitative estimate of drug-likeness (QED) is 0.759. The van der Waals surface area contributed by atoms with Crippen LogP contribution in [-0.4, -0.2) is 37.0 Å². The first-order chi connectivity index (χ1) is 9.24. The van der Waals surface area contributed by atoms with Gasteiger partial charge in [-0.2, -0.15) is 10.2 Å². The summed E-state index contributed by atoms with van der Waals surface area (Å²) in [5, 5.41) is 11.5. The van der Waals surface area contributed by atoms with Crippen molar-refractivity contribution in [1.29, 1.82) is 0 Å². The molecule has 0 aliphatic heterocycles. The van der Waals surface area contributed by atoms with Crippen LogP contribution >= 0.6 is 11.6 Å². The van der Waals surface area contributed by atoms with Gasteiger partial charge >= 0.3 is 0 Å². The second kappa shape index (κ2) is 6.89. The summed E-state index contributed by atoms with van der Waals surface area (Å²) in [4.78, 5) is 15.3. The molecule has 0 bridgehead atoms. The molecule has 0 saturated carbocycles. The van der Waals surface area contributed by atoms with E-state index >= 15 is 0 Å². The monoisotopic (exact) mass is 282 g/mol. The van der Waals surface area contributed by atoms with Gasteiger partial charge in [0.25, 0.3) is 0 Å². The number of halogens is 1. The van der Waals surface area contributed by atoms with Crippen LogP contribution in [0.25, 0.3) is 0 Å². The molecule has 19 heavy (non-hydrogen) atoms. The minimum Gasteiger partial charge on any atom is -0.356 e. The molecule has 0 spiro atoms. The third-order valence-electron chi connectivity index (χ3n) is 2.52. The van der Waals surface area contributed by atoms with Gasteiger partial charge in [-0.3, -0.25) is 14.2 Å². The van der Waals surface area contributed by atoms with Gasteiger partial charge in [0.1, 0.15) is 12.7 Å². The normalized spacial score (nSPS) is 10.6. The van der Waals surface area contributed by atoms with Crippen LogP contribution in [0.4, 0.5) is 0 Å². The smallest absolute Gasteiger partial charge is 0.221 e. The summed E-state index contributed by atoms with van der Waals surface area (Å²) in [7, 11) is 0. The van der Waals surface area contributed by atoms with Crippen molar-refractivity contribution < 1.29 is 4.79 Å². The maximum Gasteiger partial charge on any atom is 0.221 e. The van der Waals surface area contributed by atoms with Crippen LogP contribution in [0.1, 0.15) is 12.8 Å². The lowest BCUT2D eigenvalue weighted by atomic mass is 10.3. The molecule has 0 saturated heterocycles. The van der Waals surface area contributed by atoms with E-state index in [0.717, 1.165) is 13.0 Å². The molecule has 0 aliphatic carbocycles. The molecule has 7 nitrogen and oxygen atoms in total. The van der Waals surface area contributed by atoms with Crippen molar-refractivity contribution in [3.8, 4) is 0 Å². The number of hydrogen-bond acceptors (Lipinski definition) is 4. The molecule has 0 atom stereocenters. The van der Waals surface area contributed by atoms with Crippen molar-refractivity contribution in [2.24, 2.45) is 0 Å². The molecule has 2 aromatic heterocycles. The minimum atomic E-state index is 0.00833. The average Bonchev–Trinajstić information content (AvgIpc) is 3.04. The Bertz CT molecular complexity index is 509. The van der Waals surface area contributed by atoms with Gasteiger partial charge in [-0.25, -0.2) is 4.98 Å². The largest absolute Gasteiger partial charge is 0.356 e. The summed E-state index contributed by atoms with van der Waals surface area (Å²) in [5.74, 6) is 0.00833. The second-order valence-corrected chi connectivity index (χ2v) is 4.47. The molecule has 8 heteroatoms. The van der Waals surface area contributed by atoms with E-state index in [4.69, 9.17) is 11.6 Å². The van der Waals surface area contributed by atoms with E-state index < -0.39 is 0 Å². The van der Waals surface area contributed by atoms with Crippen molar-refractivity contribution in [3.05, 3.63) is 30.1 Å². The van der Waals surface area contributed by atoms with Gasteiger partial charge in [0.05, 0.1) is 17.8 Å². The number of amides is 1. The zero-order chi connectivity index (χ0) is 13.5. The predicted octanol–water partition coefficient (Wildman–Crippen LogP) is 0.725. The molecule has 0 aromatic carbocycles. The fourth-order valence-electron chi connectivity index (χ4n) is 1.58. The van der Waals surface area contributed by atoms with E-state index in [-0.39, 0.29) is 5.91 Å². The third kappa shape index (κ3) is 4.70. The molecule has 0 radical (unpaired) electrons. The second-order valence-electron chi connectivity index (χ2n) is 4.03. The van der Waals surface area contributed by atoms with Crippen LogP contribution in [0.3, 0.4) is 0 Å². The van der Waals surface area contributed by atoms with Crippen LogP contribution in [0, 0.1) is 0 Å². The highest BCUT2D eigenvalue weighted by atomic mass is 35.5. The Balaban J connectivity index is 1.56. The van der Waals surface area contributed by atoms with E-state index in [1.807, 2.05) is 0 Å². The molecule has 1 N–H and O–H groups in total.